The molecule has 3 amide bonds. The maximum atomic E-state index is 14.1. The molecule has 1 unspecified atom stereocenters. The zero-order valence-electron chi connectivity index (χ0n) is 44.2. The summed E-state index contributed by atoms with van der Waals surface area (Å²) in [6.07, 6.45) is 2.55. The molecule has 7 aromatic carbocycles. The number of benzene rings is 7. The number of nitrogens with one attached hydrogen (secondary N) is 3. The summed E-state index contributed by atoms with van der Waals surface area (Å²) < 4.78 is 46.2. The maximum Gasteiger partial charge on any atom is 0.412 e. The van der Waals surface area contributed by atoms with Gasteiger partial charge in [-0.3, -0.25) is 0 Å². The highest BCUT2D eigenvalue weighted by atomic mass is 28.3. The Morgan fingerprint density at radius 1 is 0.568 bits per heavy atom. The fourth-order valence-corrected chi connectivity index (χ4v) is 9.67. The van der Waals surface area contributed by atoms with Gasteiger partial charge in [0.2, 0.25) is 0 Å². The Kier molecular flexibility index (Phi) is 25.1. The second kappa shape index (κ2) is 31.6. The molecule has 0 saturated carbocycles. The molecule has 0 spiro atoms. The molecule has 0 bridgehead atoms. The van der Waals surface area contributed by atoms with Gasteiger partial charge in [0.05, 0.1) is 21.3 Å². The first-order valence-corrected chi connectivity index (χ1v) is 28.2. The number of amides is 3. The molecule has 12 nitrogen and oxygen atoms in total. The van der Waals surface area contributed by atoms with Crippen LogP contribution in [-0.2, 0) is 6.42 Å². The van der Waals surface area contributed by atoms with E-state index in [4.69, 9.17) is 28.4 Å². The quantitative estimate of drug-likeness (QED) is 0.0760. The minimum atomic E-state index is -1.53. The van der Waals surface area contributed by atoms with Crippen molar-refractivity contribution in [3.8, 4) is 40.2 Å². The van der Waals surface area contributed by atoms with Gasteiger partial charge >= 0.3 is 18.3 Å². The number of hydrogen-bond donors (Lipinski definition) is 3. The van der Waals surface area contributed by atoms with E-state index in [-0.39, 0.29) is 11.6 Å². The highest BCUT2D eigenvalue weighted by molar-refractivity contribution is 6.89. The second-order valence-electron chi connectivity index (χ2n) is 17.4. The fraction of sp³-hybridized carbons (Fsp3) is 0.283. The molecule has 3 N–H and O–H groups in total. The highest BCUT2D eigenvalue weighted by Crippen LogP contribution is 2.30. The Hall–Kier alpha value is -7.84. The van der Waals surface area contributed by atoms with Crippen molar-refractivity contribution in [2.75, 3.05) is 34.4 Å². The van der Waals surface area contributed by atoms with E-state index in [0.29, 0.717) is 47.9 Å². The van der Waals surface area contributed by atoms with Crippen molar-refractivity contribution in [1.29, 1.82) is 0 Å². The summed E-state index contributed by atoms with van der Waals surface area (Å²) in [7, 11) is 3.07. The topological polar surface area (TPSA) is 143 Å². The molecule has 0 heterocycles. The molecular weight excluding hydrogens is 954 g/mol. The number of carbonyl (C=O) groups excluding carboxylic acids is 3. The minimum absolute atomic E-state index is 0.289. The molecule has 0 aliphatic heterocycles. The predicted octanol–water partition coefficient (Wildman–Crippen LogP) is 14.2. The van der Waals surface area contributed by atoms with Crippen LogP contribution in [0.15, 0.2) is 164 Å². The summed E-state index contributed by atoms with van der Waals surface area (Å²) in [6, 6.07) is 52.4. The first kappa shape index (κ1) is 58.7. The van der Waals surface area contributed by atoms with Crippen molar-refractivity contribution in [3.05, 3.63) is 181 Å². The van der Waals surface area contributed by atoms with Crippen molar-refractivity contribution in [3.63, 3.8) is 0 Å². The van der Waals surface area contributed by atoms with E-state index >= 15 is 0 Å². The Morgan fingerprint density at radius 2 is 1.12 bits per heavy atom. The number of halogens is 1. The largest absolute Gasteiger partial charge is 0.494 e. The van der Waals surface area contributed by atoms with Crippen molar-refractivity contribution < 1.29 is 47.2 Å². The Balaban J connectivity index is 0.000000226. The minimum Gasteiger partial charge on any atom is -0.494 e. The SMILES string of the molecule is CCC(C)c1ccccc1OC(=O)NC.CCCOc1ccccc1OC(=O)NC.CCOc1ccc([Si](C)(C)CCCc2ccc(F)c(Oc3ccccc3)c2)cc1.CNC(=O)Oc1cccc2ccccc12. The molecule has 0 aliphatic rings. The van der Waals surface area contributed by atoms with E-state index in [1.807, 2.05) is 123 Å². The monoisotopic (exact) mass is 1030 g/mol. The van der Waals surface area contributed by atoms with Gasteiger partial charge < -0.3 is 44.4 Å². The molecule has 0 aromatic heterocycles. The van der Waals surface area contributed by atoms with E-state index < -0.39 is 26.4 Å². The van der Waals surface area contributed by atoms with Crippen LogP contribution in [0.3, 0.4) is 0 Å². The summed E-state index contributed by atoms with van der Waals surface area (Å²) in [6.45, 7) is 14.3. The van der Waals surface area contributed by atoms with E-state index in [0.717, 1.165) is 53.3 Å². The highest BCUT2D eigenvalue weighted by Gasteiger charge is 2.23. The average Bonchev–Trinajstić information content (AvgIpc) is 3.42. The summed E-state index contributed by atoms with van der Waals surface area (Å²) >= 11 is 0. The Labute approximate surface area is 437 Å². The van der Waals surface area contributed by atoms with E-state index in [2.05, 4.69) is 67.2 Å². The van der Waals surface area contributed by atoms with Gasteiger partial charge in [-0.25, -0.2) is 18.8 Å². The Bertz CT molecular complexity index is 2790. The molecule has 0 aliphatic carbocycles. The van der Waals surface area contributed by atoms with Gasteiger partial charge in [-0.15, -0.1) is 0 Å². The summed E-state index contributed by atoms with van der Waals surface area (Å²) in [5.41, 5.74) is 2.18. The molecular formula is C60H72FN3O9Si. The zero-order chi connectivity index (χ0) is 53.7. The molecule has 0 radical (unpaired) electrons. The van der Waals surface area contributed by atoms with Gasteiger partial charge in [0, 0.05) is 26.5 Å². The normalized spacial score (nSPS) is 10.8. The van der Waals surface area contributed by atoms with Crippen LogP contribution in [0, 0.1) is 5.82 Å². The van der Waals surface area contributed by atoms with Crippen molar-refractivity contribution >= 4 is 42.3 Å². The third kappa shape index (κ3) is 19.6. The van der Waals surface area contributed by atoms with Crippen molar-refractivity contribution in [2.24, 2.45) is 0 Å². The summed E-state index contributed by atoms with van der Waals surface area (Å²) in [5, 5.41) is 10.7. The van der Waals surface area contributed by atoms with Crippen LogP contribution >= 0.6 is 0 Å². The molecule has 7 aromatic rings. The number of rotatable bonds is 17. The van der Waals surface area contributed by atoms with E-state index in [1.165, 1.54) is 31.4 Å². The van der Waals surface area contributed by atoms with Gasteiger partial charge in [-0.1, -0.05) is 155 Å². The van der Waals surface area contributed by atoms with E-state index in [9.17, 15) is 18.8 Å². The van der Waals surface area contributed by atoms with Crippen LogP contribution in [0.4, 0.5) is 18.8 Å². The third-order valence-electron chi connectivity index (χ3n) is 11.5. The lowest BCUT2D eigenvalue weighted by atomic mass is 9.98. The molecule has 392 valence electrons. The van der Waals surface area contributed by atoms with Crippen LogP contribution in [0.5, 0.6) is 40.2 Å². The van der Waals surface area contributed by atoms with Crippen molar-refractivity contribution in [1.82, 2.24) is 16.0 Å². The number of ether oxygens (including phenoxy) is 6. The first-order valence-electron chi connectivity index (χ1n) is 25.0. The van der Waals surface area contributed by atoms with Crippen LogP contribution in [0.25, 0.3) is 10.8 Å². The zero-order valence-corrected chi connectivity index (χ0v) is 45.2. The molecule has 0 fully saturated rings. The number of aryl methyl sites for hydroxylation is 1. The van der Waals surface area contributed by atoms with E-state index in [1.54, 1.807) is 31.3 Å². The molecule has 74 heavy (non-hydrogen) atoms. The number of hydrogen-bond acceptors (Lipinski definition) is 9. The van der Waals surface area contributed by atoms with Gasteiger partial charge in [-0.05, 0) is 109 Å². The average molecular weight is 1030 g/mol. The van der Waals surface area contributed by atoms with Crippen LogP contribution in [-0.4, -0.2) is 60.7 Å². The lowest BCUT2D eigenvalue weighted by molar-refractivity contribution is 0.199. The van der Waals surface area contributed by atoms with Crippen LogP contribution in [0.1, 0.15) is 64.0 Å². The second-order valence-corrected chi connectivity index (χ2v) is 22.3. The third-order valence-corrected chi connectivity index (χ3v) is 15.0. The fourth-order valence-electron chi connectivity index (χ4n) is 7.25. The van der Waals surface area contributed by atoms with Crippen LogP contribution < -0.4 is 49.6 Å². The number of para-hydroxylation sites is 4. The lowest BCUT2D eigenvalue weighted by Crippen LogP contribution is -2.41. The first-order chi connectivity index (χ1) is 35.7. The smallest absolute Gasteiger partial charge is 0.412 e. The van der Waals surface area contributed by atoms with Crippen LogP contribution in [0.2, 0.25) is 19.1 Å². The van der Waals surface area contributed by atoms with Gasteiger partial charge in [0.1, 0.15) is 23.0 Å². The summed E-state index contributed by atoms with van der Waals surface area (Å²) in [4.78, 5) is 33.2. The number of carbonyl (C=O) groups is 3. The molecule has 0 saturated heterocycles. The predicted molar refractivity (Wildman–Crippen MR) is 297 cm³/mol. The maximum absolute atomic E-state index is 14.1. The van der Waals surface area contributed by atoms with Crippen molar-refractivity contribution in [2.45, 2.75) is 78.4 Å². The number of fused-ring (bicyclic) bond motifs is 1. The molecule has 7 rings (SSSR count). The van der Waals surface area contributed by atoms with Gasteiger partial charge in [0.25, 0.3) is 0 Å². The standard InChI is InChI=1S/C25H29FO2Si.C12H11NO2.C12H17NO2.C11H15NO3/c1-4-27-21-13-15-23(16-14-21)29(2,3)18-8-9-20-12-17-24(26)25(19-20)28-22-10-6-5-7-11-22;1-13-12(14)15-11-8-4-6-9-5-2-3-7-10(9)11;1-4-9(2)10-7-5-6-8-11(10)15-12(14)13-3;1-3-8-14-9-6-4-5-7-10(9)15-11(13)12-2/h5-7,10-17,19H,4,8-9,18H2,1-3H3;2-8H,1H3,(H,13,14);5-9H,4H2,1-3H3,(H,13,14);4-7H,3,8H2,1-2H3,(H,12,13). The molecule has 14 heteroatoms. The summed E-state index contributed by atoms with van der Waals surface area (Å²) in [5.74, 6) is 4.17. The Morgan fingerprint density at radius 3 is 1.76 bits per heavy atom. The van der Waals surface area contributed by atoms with Gasteiger partial charge in [0.15, 0.2) is 23.1 Å². The lowest BCUT2D eigenvalue weighted by Gasteiger charge is -2.23. The van der Waals surface area contributed by atoms with Gasteiger partial charge in [-0.2, -0.15) is 0 Å². The molecule has 1 atom stereocenters.